The summed E-state index contributed by atoms with van der Waals surface area (Å²) in [5.74, 6) is 2.51. The number of rotatable bonds is 5. The molecule has 8 heteroatoms. The number of carbonyl (C=O) groups excluding carboxylic acids is 1. The van der Waals surface area contributed by atoms with E-state index >= 15 is 0 Å². The molecule has 1 aliphatic heterocycles. The van der Waals surface area contributed by atoms with E-state index in [1.54, 1.807) is 35.9 Å². The smallest absolute Gasteiger partial charge is 0.355 e. The number of nitrogens with two attached hydrogens (primary N) is 1. The molecule has 0 saturated carbocycles. The fourth-order valence-electron chi connectivity index (χ4n) is 3.11. The number of fused-ring (bicyclic) bond motifs is 1. The molecule has 0 fully saturated rings. The molecule has 4 rings (SSSR count). The fraction of sp³-hybridized carbons (Fsp3) is 0.200. The number of benzene rings is 2. The third-order valence-electron chi connectivity index (χ3n) is 4.65. The van der Waals surface area contributed by atoms with Crippen molar-refractivity contribution in [2.24, 2.45) is 7.05 Å². The first-order valence-corrected chi connectivity index (χ1v) is 8.48. The molecule has 0 radical (unpaired) electrons. The van der Waals surface area contributed by atoms with Crippen molar-refractivity contribution in [1.29, 1.82) is 0 Å². The number of imidazole rings is 1. The van der Waals surface area contributed by atoms with E-state index in [2.05, 4.69) is 0 Å². The molecule has 1 aliphatic rings. The SMILES string of the molecule is COc1cccc(C(=O)C[n+]2cc(-c3ccc4c(c3)OCO4)n(C)c2N)c1.[Br-]. The first-order valence-electron chi connectivity index (χ1n) is 8.48. The van der Waals surface area contributed by atoms with E-state index in [-0.39, 0.29) is 36.1 Å². The monoisotopic (exact) mass is 445 g/mol. The Bertz CT molecular complexity index is 1030. The summed E-state index contributed by atoms with van der Waals surface area (Å²) in [4.78, 5) is 12.7. The second kappa shape index (κ2) is 7.93. The van der Waals surface area contributed by atoms with E-state index in [0.29, 0.717) is 23.0 Å². The van der Waals surface area contributed by atoms with Gasteiger partial charge in [0, 0.05) is 11.1 Å². The molecule has 0 atom stereocenters. The molecule has 7 nitrogen and oxygen atoms in total. The van der Waals surface area contributed by atoms with E-state index in [1.165, 1.54) is 0 Å². The summed E-state index contributed by atoms with van der Waals surface area (Å²) in [6.45, 7) is 0.362. The van der Waals surface area contributed by atoms with Crippen LogP contribution in [0.5, 0.6) is 17.2 Å². The molecule has 3 aromatic rings. The Labute approximate surface area is 173 Å². The summed E-state index contributed by atoms with van der Waals surface area (Å²) in [5.41, 5.74) is 8.62. The van der Waals surface area contributed by atoms with Crippen LogP contribution in [0.15, 0.2) is 48.7 Å². The minimum absolute atomic E-state index is 0. The molecule has 1 aromatic heterocycles. The van der Waals surface area contributed by atoms with E-state index in [9.17, 15) is 4.79 Å². The molecule has 0 aliphatic carbocycles. The van der Waals surface area contributed by atoms with E-state index < -0.39 is 0 Å². The van der Waals surface area contributed by atoms with E-state index in [0.717, 1.165) is 17.0 Å². The molecular weight excluding hydrogens is 426 g/mol. The largest absolute Gasteiger partial charge is 1.00 e. The number of nitrogen functional groups attached to an aromatic ring is 1. The van der Waals surface area contributed by atoms with Gasteiger partial charge in [0.05, 0.1) is 14.2 Å². The zero-order valence-corrected chi connectivity index (χ0v) is 17.1. The maximum absolute atomic E-state index is 12.7. The number of nitrogens with zero attached hydrogens (tertiary/aromatic N) is 2. The number of Topliss-reactive ketones (excluding diaryl/α,β-unsaturated/α-hetero) is 1. The van der Waals surface area contributed by atoms with Crippen LogP contribution in [0.3, 0.4) is 0 Å². The topological polar surface area (TPSA) is 79.6 Å². The standard InChI is InChI=1S/C20H19N3O4.BrH/c1-22-16(13-6-7-18-19(9-13)27-12-26-18)10-23(20(22)21)11-17(24)14-4-3-5-15(8-14)25-2;/h3-10,21H,11-12H2,1-2H3;1H. The lowest BCUT2D eigenvalue weighted by Crippen LogP contribution is -3.00. The second-order valence-corrected chi connectivity index (χ2v) is 6.28. The van der Waals surface area contributed by atoms with Crippen molar-refractivity contribution in [2.75, 3.05) is 19.6 Å². The van der Waals surface area contributed by atoms with Gasteiger partial charge in [-0.1, -0.05) is 12.1 Å². The molecule has 0 spiro atoms. The minimum atomic E-state index is -0.0477. The van der Waals surface area contributed by atoms with Crippen LogP contribution in [0.2, 0.25) is 0 Å². The molecular formula is C20H20BrN3O4. The number of carbonyl (C=O) groups is 1. The highest BCUT2D eigenvalue weighted by atomic mass is 79.9. The third-order valence-corrected chi connectivity index (χ3v) is 4.65. The molecule has 0 unspecified atom stereocenters. The van der Waals surface area contributed by atoms with Gasteiger partial charge in [0.15, 0.2) is 17.3 Å². The summed E-state index contributed by atoms with van der Waals surface area (Å²) >= 11 is 0. The lowest BCUT2D eigenvalue weighted by Gasteiger charge is -2.03. The Hall–Kier alpha value is -3.00. The molecule has 2 N–H and O–H groups in total. The molecule has 146 valence electrons. The summed E-state index contributed by atoms with van der Waals surface area (Å²) in [7, 11) is 3.44. The van der Waals surface area contributed by atoms with Gasteiger partial charge < -0.3 is 31.2 Å². The van der Waals surface area contributed by atoms with Crippen molar-refractivity contribution in [3.8, 4) is 28.5 Å². The number of aromatic nitrogens is 2. The van der Waals surface area contributed by atoms with Gasteiger partial charge in [0.2, 0.25) is 6.79 Å². The van der Waals surface area contributed by atoms with Crippen LogP contribution in [0.25, 0.3) is 11.3 Å². The van der Waals surface area contributed by atoms with Crippen molar-refractivity contribution in [3.63, 3.8) is 0 Å². The Morgan fingerprint density at radius 3 is 2.79 bits per heavy atom. The zero-order valence-electron chi connectivity index (χ0n) is 15.5. The van der Waals surface area contributed by atoms with Crippen LogP contribution in [-0.2, 0) is 13.6 Å². The van der Waals surface area contributed by atoms with E-state index in [1.807, 2.05) is 36.0 Å². The Balaban J connectivity index is 0.00000225. The van der Waals surface area contributed by atoms with Crippen molar-refractivity contribution < 1.29 is 40.6 Å². The van der Waals surface area contributed by atoms with Crippen molar-refractivity contribution in [2.45, 2.75) is 6.54 Å². The maximum Gasteiger partial charge on any atom is 0.355 e. The summed E-state index contributed by atoms with van der Waals surface area (Å²) in [5, 5.41) is 0. The Kier molecular flexibility index (Phi) is 5.60. The van der Waals surface area contributed by atoms with Gasteiger partial charge in [-0.05, 0) is 30.3 Å². The zero-order chi connectivity index (χ0) is 19.0. The Morgan fingerprint density at radius 2 is 2.00 bits per heavy atom. The fourth-order valence-corrected chi connectivity index (χ4v) is 3.11. The Morgan fingerprint density at radius 1 is 1.21 bits per heavy atom. The van der Waals surface area contributed by atoms with Crippen LogP contribution in [0, 0.1) is 0 Å². The van der Waals surface area contributed by atoms with Crippen molar-refractivity contribution >= 4 is 11.7 Å². The van der Waals surface area contributed by atoms with Gasteiger partial charge in [-0.3, -0.25) is 10.5 Å². The number of halogens is 1. The summed E-state index contributed by atoms with van der Waals surface area (Å²) < 4.78 is 19.6. The van der Waals surface area contributed by atoms with Gasteiger partial charge in [-0.2, -0.15) is 0 Å². The maximum atomic E-state index is 12.7. The second-order valence-electron chi connectivity index (χ2n) is 6.28. The number of hydrogen-bond donors (Lipinski definition) is 1. The lowest BCUT2D eigenvalue weighted by atomic mass is 10.1. The van der Waals surface area contributed by atoms with Gasteiger partial charge in [0.25, 0.3) is 0 Å². The van der Waals surface area contributed by atoms with E-state index in [4.69, 9.17) is 19.9 Å². The van der Waals surface area contributed by atoms with Gasteiger partial charge in [-0.25, -0.2) is 9.13 Å². The van der Waals surface area contributed by atoms with Crippen LogP contribution in [0.4, 0.5) is 5.95 Å². The lowest BCUT2D eigenvalue weighted by molar-refractivity contribution is -0.667. The van der Waals surface area contributed by atoms with Crippen molar-refractivity contribution in [1.82, 2.24) is 4.57 Å². The first-order chi connectivity index (χ1) is 13.1. The van der Waals surface area contributed by atoms with Gasteiger partial charge in [-0.15, -0.1) is 0 Å². The number of anilines is 1. The van der Waals surface area contributed by atoms with Crippen molar-refractivity contribution in [3.05, 3.63) is 54.2 Å². The summed E-state index contributed by atoms with van der Waals surface area (Å²) in [6.07, 6.45) is 1.87. The number of hydrogen-bond acceptors (Lipinski definition) is 5. The number of ether oxygens (including phenoxy) is 3. The highest BCUT2D eigenvalue weighted by Gasteiger charge is 2.22. The number of methoxy groups -OCH3 is 1. The highest BCUT2D eigenvalue weighted by Crippen LogP contribution is 2.35. The minimum Gasteiger partial charge on any atom is -1.00 e. The molecule has 0 saturated heterocycles. The molecule has 2 heterocycles. The quantitative estimate of drug-likeness (QED) is 0.410. The van der Waals surface area contributed by atoms with Crippen LogP contribution < -0.4 is 41.5 Å². The third kappa shape index (κ3) is 3.55. The average molecular weight is 446 g/mol. The highest BCUT2D eigenvalue weighted by molar-refractivity contribution is 5.95. The molecule has 2 aromatic carbocycles. The first kappa shape index (κ1) is 19.8. The predicted octanol–water partition coefficient (Wildman–Crippen LogP) is -0.814. The normalized spacial score (nSPS) is 11.8. The average Bonchev–Trinajstić information content (AvgIpc) is 3.27. The van der Waals surface area contributed by atoms with Gasteiger partial charge >= 0.3 is 5.95 Å². The number of ketones is 1. The van der Waals surface area contributed by atoms with Crippen LogP contribution >= 0.6 is 0 Å². The molecule has 0 amide bonds. The summed E-state index contributed by atoms with van der Waals surface area (Å²) in [6, 6.07) is 12.8. The van der Waals surface area contributed by atoms with Crippen LogP contribution in [-0.4, -0.2) is 24.3 Å². The van der Waals surface area contributed by atoms with Crippen LogP contribution in [0.1, 0.15) is 10.4 Å². The molecule has 28 heavy (non-hydrogen) atoms. The predicted molar refractivity (Wildman–Crippen MR) is 98.9 cm³/mol. The molecule has 0 bridgehead atoms. The van der Waals surface area contributed by atoms with Gasteiger partial charge in [0.1, 0.15) is 24.2 Å².